The molecular weight excluding hydrogens is 738 g/mol. The quantitative estimate of drug-likeness (QED) is 0.170. The van der Waals surface area contributed by atoms with Crippen LogP contribution in [0.15, 0.2) is 0 Å². The van der Waals surface area contributed by atoms with E-state index in [-0.39, 0.29) is 33.4 Å². The molecule has 2 rings (SSSR count). The van der Waals surface area contributed by atoms with Gasteiger partial charge in [-0.2, -0.15) is 8.42 Å². The molecule has 0 aromatic carbocycles. The Morgan fingerprint density at radius 3 is 1.35 bits per heavy atom. The Morgan fingerprint density at radius 2 is 1.08 bits per heavy atom. The molecule has 20 heteroatoms. The van der Waals surface area contributed by atoms with E-state index in [0.717, 1.165) is 17.4 Å². The van der Waals surface area contributed by atoms with Crippen LogP contribution in [0.25, 0.3) is 0 Å². The van der Waals surface area contributed by atoms with E-state index in [0.29, 0.717) is 0 Å². The van der Waals surface area contributed by atoms with E-state index in [1.165, 1.54) is 38.8 Å². The summed E-state index contributed by atoms with van der Waals surface area (Å²) in [6, 6.07) is -1.68. The molecule has 0 bridgehead atoms. The normalized spacial score (nSPS) is 20.2. The predicted molar refractivity (Wildman–Crippen MR) is 193 cm³/mol. The van der Waals surface area contributed by atoms with Gasteiger partial charge in [0.25, 0.3) is 10.1 Å². The number of methoxy groups -OCH3 is 2. The van der Waals surface area contributed by atoms with Gasteiger partial charge in [0.05, 0.1) is 52.0 Å². The monoisotopic (exact) mass is 799 g/mol. The average Bonchev–Trinajstić information content (AvgIpc) is 3.54. The summed E-state index contributed by atoms with van der Waals surface area (Å²) >= 11 is 0. The van der Waals surface area contributed by atoms with Gasteiger partial charge in [0.15, 0.2) is 0 Å². The molecule has 2 fully saturated rings. The number of hydrogen-bond donors (Lipinski definition) is 1. The first-order chi connectivity index (χ1) is 22.5. The molecule has 0 radical (unpaired) electrons. The molecule has 0 unspecified atom stereocenters. The van der Waals surface area contributed by atoms with Crippen molar-refractivity contribution in [3.8, 4) is 0 Å². The molecule has 1 N–H and O–H groups in total. The van der Waals surface area contributed by atoms with E-state index >= 15 is 0 Å². The van der Waals surface area contributed by atoms with Gasteiger partial charge in [-0.3, -0.25) is 14.0 Å². The molecule has 0 spiro atoms. The molecule has 51 heavy (non-hydrogen) atoms. The highest BCUT2D eigenvalue weighted by atomic mass is 35.7. The summed E-state index contributed by atoms with van der Waals surface area (Å²) in [6.45, 7) is 20.5. The van der Waals surface area contributed by atoms with Crippen LogP contribution in [-0.2, 0) is 51.9 Å². The van der Waals surface area contributed by atoms with Crippen LogP contribution in [0.2, 0.25) is 0 Å². The Hall–Kier alpha value is -2.45. The maximum Gasteiger partial charge on any atom is 0.411 e. The number of carbonyl (C=O) groups excluding carboxylic acids is 4. The van der Waals surface area contributed by atoms with Crippen LogP contribution in [0.1, 0.15) is 82.6 Å². The third-order valence-electron chi connectivity index (χ3n) is 6.40. The Morgan fingerprint density at radius 1 is 0.745 bits per heavy atom. The number of hydrogen-bond acceptors (Lipinski definition) is 15. The van der Waals surface area contributed by atoms with Crippen molar-refractivity contribution in [2.24, 2.45) is 0 Å². The highest BCUT2D eigenvalue weighted by Gasteiger charge is 2.44. The Bertz CT molecular complexity index is 1280. The first-order valence-corrected chi connectivity index (χ1v) is 20.4. The average molecular weight is 800 g/mol. The van der Waals surface area contributed by atoms with Crippen LogP contribution >= 0.6 is 10.7 Å². The summed E-state index contributed by atoms with van der Waals surface area (Å²) in [5, 5.41) is 9.50. The lowest BCUT2D eigenvalue weighted by molar-refractivity contribution is -0.146. The number of amides is 2. The zero-order valence-electron chi connectivity index (χ0n) is 31.5. The van der Waals surface area contributed by atoms with Gasteiger partial charge in [0, 0.05) is 23.5 Å². The van der Waals surface area contributed by atoms with E-state index in [9.17, 15) is 41.1 Å². The minimum atomic E-state index is -3.68. The van der Waals surface area contributed by atoms with Gasteiger partial charge >= 0.3 is 24.1 Å². The summed E-state index contributed by atoms with van der Waals surface area (Å²) in [5.41, 5.74) is -1.36. The van der Waals surface area contributed by atoms with Gasteiger partial charge in [0.1, 0.15) is 23.3 Å². The highest BCUT2D eigenvalue weighted by Crippen LogP contribution is 2.25. The van der Waals surface area contributed by atoms with Crippen molar-refractivity contribution in [2.45, 2.75) is 118 Å². The standard InChI is InChI=1S/C12H21NO7S.C11H19NO5.C6H15N.CH3ClO2S.CH4/c1-12(2,3)19-11(15)13-7-8(20-21(5,16)17)6-9(13)10(14)18-4;1-11(2,3)17-10(15)12-6-7(13)5-8(12)9(14)16-4;1-4-7(5-2)6-3;1-5(2,3)4;/h8-9H,6-7H2,1-5H3;7-8,13H,5-6H2,1-4H3;4-6H2,1-3H3;1H3;1H4/t8-,9+;7-,8-;;;/m10.../s1. The lowest BCUT2D eigenvalue weighted by Gasteiger charge is -2.27. The Labute approximate surface area is 309 Å². The molecule has 304 valence electrons. The van der Waals surface area contributed by atoms with Crippen molar-refractivity contribution in [1.29, 1.82) is 0 Å². The largest absolute Gasteiger partial charge is 0.467 e. The molecule has 4 atom stereocenters. The number of carbonyl (C=O) groups is 4. The van der Waals surface area contributed by atoms with Crippen molar-refractivity contribution >= 4 is 54.0 Å². The molecule has 17 nitrogen and oxygen atoms in total. The molecule has 0 aromatic heterocycles. The van der Waals surface area contributed by atoms with Crippen molar-refractivity contribution in [3.05, 3.63) is 0 Å². The zero-order valence-corrected chi connectivity index (χ0v) is 33.9. The van der Waals surface area contributed by atoms with Gasteiger partial charge in [-0.25, -0.2) is 27.6 Å². The number of rotatable bonds is 7. The lowest BCUT2D eigenvalue weighted by atomic mass is 10.2. The molecule has 2 aliphatic rings. The van der Waals surface area contributed by atoms with E-state index in [4.69, 9.17) is 13.7 Å². The molecule has 0 aromatic rings. The SMILES string of the molecule is C.CCN(CC)CC.COC(=O)[C@@H]1C[C@@H](OS(C)(=O)=O)CN1C(=O)OC(C)(C)C.COC(=O)[C@@H]1C[C@H](O)CN1C(=O)OC(C)(C)C.CS(=O)(=O)Cl. The van der Waals surface area contributed by atoms with Crippen LogP contribution in [0, 0.1) is 0 Å². The number of likely N-dealkylation sites (tertiary alicyclic amines) is 2. The van der Waals surface area contributed by atoms with Crippen LogP contribution in [0.4, 0.5) is 9.59 Å². The van der Waals surface area contributed by atoms with Crippen molar-refractivity contribution in [3.63, 3.8) is 0 Å². The smallest absolute Gasteiger partial charge is 0.411 e. The fourth-order valence-corrected chi connectivity index (χ4v) is 5.00. The highest BCUT2D eigenvalue weighted by molar-refractivity contribution is 8.13. The molecule has 2 amide bonds. The fraction of sp³-hybridized carbons (Fsp3) is 0.871. The third-order valence-corrected chi connectivity index (χ3v) is 7.02. The second kappa shape index (κ2) is 23.3. The summed E-state index contributed by atoms with van der Waals surface area (Å²) < 4.78 is 65.6. The molecule has 2 heterocycles. The van der Waals surface area contributed by atoms with E-state index < -0.39 is 78.8 Å². The fourth-order valence-electron chi connectivity index (χ4n) is 4.36. The molecule has 0 saturated carbocycles. The number of aliphatic hydroxyl groups excluding tert-OH is 1. The Balaban J connectivity index is -0.000000683. The number of β-amino-alcohol motifs (C(OH)–C–C–N with tert-alkyl or cyclic N) is 1. The molecule has 2 aliphatic heterocycles. The van der Waals surface area contributed by atoms with Crippen molar-refractivity contribution in [2.75, 3.05) is 59.5 Å². The lowest BCUT2D eigenvalue weighted by Crippen LogP contribution is -2.44. The summed E-state index contributed by atoms with van der Waals surface area (Å²) in [5.74, 6) is -1.17. The second-order valence-electron chi connectivity index (χ2n) is 13.2. The van der Waals surface area contributed by atoms with Crippen LogP contribution in [-0.4, -0.2) is 156 Å². The summed E-state index contributed by atoms with van der Waals surface area (Å²) in [6.07, 6.45) is -0.763. The number of ether oxygens (including phenoxy) is 4. The minimum Gasteiger partial charge on any atom is -0.467 e. The van der Waals surface area contributed by atoms with E-state index in [1.54, 1.807) is 41.5 Å². The van der Waals surface area contributed by atoms with Gasteiger partial charge < -0.3 is 29.0 Å². The number of aliphatic hydroxyl groups is 1. The number of esters is 2. The van der Waals surface area contributed by atoms with Gasteiger partial charge in [-0.1, -0.05) is 28.2 Å². The van der Waals surface area contributed by atoms with Crippen molar-refractivity contribution < 1.29 is 64.3 Å². The summed E-state index contributed by atoms with van der Waals surface area (Å²) in [4.78, 5) is 51.8. The number of halogens is 1. The third kappa shape index (κ3) is 25.2. The number of nitrogens with zero attached hydrogens (tertiary/aromatic N) is 3. The minimum absolute atomic E-state index is 0. The first kappa shape index (κ1) is 52.9. The first-order valence-electron chi connectivity index (χ1n) is 15.8. The second-order valence-corrected chi connectivity index (χ2v) is 17.8. The van der Waals surface area contributed by atoms with Crippen LogP contribution in [0.3, 0.4) is 0 Å². The van der Waals surface area contributed by atoms with Gasteiger partial charge in [0.2, 0.25) is 9.05 Å². The zero-order chi connectivity index (χ0) is 39.8. The Kier molecular flexibility index (Phi) is 24.1. The van der Waals surface area contributed by atoms with Gasteiger partial charge in [-0.15, -0.1) is 0 Å². The molecular formula is C31H62ClN3O14S2. The molecule has 0 aliphatic carbocycles. The maximum atomic E-state index is 12.1. The maximum absolute atomic E-state index is 12.1. The van der Waals surface area contributed by atoms with Crippen LogP contribution < -0.4 is 0 Å². The predicted octanol–water partition coefficient (Wildman–Crippen LogP) is 3.21. The van der Waals surface area contributed by atoms with Crippen molar-refractivity contribution in [1.82, 2.24) is 14.7 Å². The van der Waals surface area contributed by atoms with E-state index in [1.807, 2.05) is 0 Å². The topological polar surface area (TPSA) is 213 Å². The van der Waals surface area contributed by atoms with Gasteiger partial charge in [-0.05, 0) is 61.2 Å². The molecule has 2 saturated heterocycles. The van der Waals surface area contributed by atoms with Crippen LogP contribution in [0.5, 0.6) is 0 Å². The van der Waals surface area contributed by atoms with E-state index in [2.05, 4.69) is 45.8 Å². The summed E-state index contributed by atoms with van der Waals surface area (Å²) in [7, 11) is 0.0744.